The average Bonchev–Trinajstić information content (AvgIpc) is 2.48. The zero-order valence-electron chi connectivity index (χ0n) is 10.7. The van der Waals surface area contributed by atoms with E-state index < -0.39 is 5.97 Å². The molecule has 2 aromatic heterocycles. The Morgan fingerprint density at radius 3 is 2.74 bits per heavy atom. The molecule has 0 spiro atoms. The minimum Gasteiger partial charge on any atom is -0.478 e. The topological polar surface area (TPSA) is 74.2 Å². The van der Waals surface area contributed by atoms with Gasteiger partial charge in [0, 0.05) is 24.0 Å². The maximum Gasteiger partial charge on any atom is 0.356 e. The molecule has 0 amide bonds. The molecule has 98 valence electrons. The van der Waals surface area contributed by atoms with E-state index in [0.29, 0.717) is 23.9 Å². The Morgan fingerprint density at radius 2 is 2.11 bits per heavy atom. The van der Waals surface area contributed by atoms with Crippen molar-refractivity contribution in [1.82, 2.24) is 15.0 Å². The summed E-state index contributed by atoms with van der Waals surface area (Å²) < 4.78 is 9.86. The van der Waals surface area contributed by atoms with Gasteiger partial charge in [-0.25, -0.2) is 19.7 Å². The van der Waals surface area contributed by atoms with Crippen molar-refractivity contribution < 1.29 is 14.3 Å². The fourth-order valence-corrected chi connectivity index (χ4v) is 1.46. The van der Waals surface area contributed by atoms with Gasteiger partial charge in [-0.2, -0.15) is 0 Å². The van der Waals surface area contributed by atoms with Gasteiger partial charge in [0.05, 0.1) is 13.7 Å². The third-order valence-electron chi connectivity index (χ3n) is 2.34. The zero-order valence-corrected chi connectivity index (χ0v) is 10.7. The number of hydrogen-bond donors (Lipinski definition) is 0. The summed E-state index contributed by atoms with van der Waals surface area (Å²) in [5.41, 5.74) is 0.913. The number of aromatic nitrogens is 3. The molecule has 2 rings (SSSR count). The number of esters is 1. The van der Waals surface area contributed by atoms with Crippen LogP contribution in [0.5, 0.6) is 5.88 Å². The normalized spacial score (nSPS) is 10.0. The number of rotatable bonds is 4. The first-order valence-corrected chi connectivity index (χ1v) is 5.75. The van der Waals surface area contributed by atoms with Crippen LogP contribution in [0.25, 0.3) is 11.4 Å². The molecule has 0 N–H and O–H groups in total. The van der Waals surface area contributed by atoms with Gasteiger partial charge in [-0.1, -0.05) is 0 Å². The molecule has 0 aliphatic heterocycles. The minimum atomic E-state index is -0.498. The van der Waals surface area contributed by atoms with Crippen molar-refractivity contribution in [1.29, 1.82) is 0 Å². The van der Waals surface area contributed by atoms with Gasteiger partial charge in [0.25, 0.3) is 0 Å². The van der Waals surface area contributed by atoms with Crippen molar-refractivity contribution in [3.8, 4) is 17.3 Å². The van der Waals surface area contributed by atoms with Crippen LogP contribution in [0, 0.1) is 0 Å². The van der Waals surface area contributed by atoms with Crippen LogP contribution in [0.1, 0.15) is 17.4 Å². The second kappa shape index (κ2) is 5.90. The van der Waals surface area contributed by atoms with Crippen LogP contribution in [0.4, 0.5) is 0 Å². The van der Waals surface area contributed by atoms with Crippen LogP contribution < -0.4 is 4.74 Å². The Hall–Kier alpha value is -2.50. The molecular weight excluding hydrogens is 246 g/mol. The van der Waals surface area contributed by atoms with Crippen molar-refractivity contribution in [2.45, 2.75) is 6.92 Å². The predicted octanol–water partition coefficient (Wildman–Crippen LogP) is 1.72. The molecule has 2 heterocycles. The first-order valence-electron chi connectivity index (χ1n) is 5.75. The van der Waals surface area contributed by atoms with Gasteiger partial charge in [0.2, 0.25) is 5.88 Å². The molecular formula is C13H13N3O3. The average molecular weight is 259 g/mol. The first-order chi connectivity index (χ1) is 9.24. The van der Waals surface area contributed by atoms with Crippen LogP contribution >= 0.6 is 0 Å². The Balaban J connectivity index is 2.28. The van der Waals surface area contributed by atoms with Crippen LogP contribution in [-0.2, 0) is 4.74 Å². The Morgan fingerprint density at radius 1 is 1.26 bits per heavy atom. The first kappa shape index (κ1) is 12.9. The number of carbonyl (C=O) groups is 1. The number of methoxy groups -OCH3 is 1. The van der Waals surface area contributed by atoms with Gasteiger partial charge >= 0.3 is 5.97 Å². The molecule has 0 unspecified atom stereocenters. The second-order valence-corrected chi connectivity index (χ2v) is 3.58. The summed E-state index contributed by atoms with van der Waals surface area (Å²) in [6.07, 6.45) is 3.10. The lowest BCUT2D eigenvalue weighted by atomic mass is 10.2. The molecule has 0 saturated carbocycles. The third-order valence-corrected chi connectivity index (χ3v) is 2.34. The molecule has 0 aromatic carbocycles. The molecule has 19 heavy (non-hydrogen) atoms. The van der Waals surface area contributed by atoms with E-state index in [0.717, 1.165) is 0 Å². The van der Waals surface area contributed by atoms with Crippen LogP contribution in [0.3, 0.4) is 0 Å². The summed E-state index contributed by atoms with van der Waals surface area (Å²) >= 11 is 0. The van der Waals surface area contributed by atoms with Gasteiger partial charge < -0.3 is 9.47 Å². The van der Waals surface area contributed by atoms with Gasteiger partial charge in [-0.3, -0.25) is 0 Å². The van der Waals surface area contributed by atoms with Crippen molar-refractivity contribution in [2.75, 3.05) is 13.7 Å². The number of carbonyl (C=O) groups excluding carboxylic acids is 1. The van der Waals surface area contributed by atoms with Crippen LogP contribution in [-0.4, -0.2) is 34.6 Å². The van der Waals surface area contributed by atoms with Gasteiger partial charge in [0.1, 0.15) is 0 Å². The van der Waals surface area contributed by atoms with Crippen LogP contribution in [0.15, 0.2) is 30.6 Å². The van der Waals surface area contributed by atoms with E-state index in [1.54, 1.807) is 18.3 Å². The number of ether oxygens (including phenoxy) is 2. The Bertz CT molecular complexity index is 570. The molecule has 0 atom stereocenters. The molecule has 0 aliphatic carbocycles. The molecule has 6 heteroatoms. The lowest BCUT2D eigenvalue weighted by Crippen LogP contribution is -2.05. The smallest absolute Gasteiger partial charge is 0.356 e. The fraction of sp³-hybridized carbons (Fsp3) is 0.231. The third kappa shape index (κ3) is 3.04. The van der Waals surface area contributed by atoms with Crippen LogP contribution in [0.2, 0.25) is 0 Å². The highest BCUT2D eigenvalue weighted by atomic mass is 16.5. The summed E-state index contributed by atoms with van der Waals surface area (Å²) in [5.74, 6) is 0.455. The summed E-state index contributed by atoms with van der Waals surface area (Å²) in [5, 5.41) is 0. The molecule has 0 fully saturated rings. The number of pyridine rings is 1. The predicted molar refractivity (Wildman–Crippen MR) is 67.8 cm³/mol. The zero-order chi connectivity index (χ0) is 13.7. The van der Waals surface area contributed by atoms with E-state index in [4.69, 9.17) is 4.74 Å². The standard InChI is InChI=1S/C13H13N3O3/c1-3-19-11-5-4-9(8-15-11)12-14-7-6-10(16-12)13(17)18-2/h4-8H,3H2,1-2H3. The highest BCUT2D eigenvalue weighted by Crippen LogP contribution is 2.16. The van der Waals surface area contributed by atoms with Crippen molar-refractivity contribution in [2.24, 2.45) is 0 Å². The Labute approximate surface area is 110 Å². The Kier molecular flexibility index (Phi) is 4.02. The molecule has 0 radical (unpaired) electrons. The molecule has 0 saturated heterocycles. The lowest BCUT2D eigenvalue weighted by Gasteiger charge is -2.04. The summed E-state index contributed by atoms with van der Waals surface area (Å²) in [6, 6.07) is 5.01. The highest BCUT2D eigenvalue weighted by molar-refractivity contribution is 5.87. The van der Waals surface area contributed by atoms with E-state index in [1.807, 2.05) is 6.92 Å². The fourth-order valence-electron chi connectivity index (χ4n) is 1.46. The highest BCUT2D eigenvalue weighted by Gasteiger charge is 2.10. The van der Waals surface area contributed by atoms with E-state index in [-0.39, 0.29) is 5.69 Å². The number of nitrogens with zero attached hydrogens (tertiary/aromatic N) is 3. The van der Waals surface area contributed by atoms with E-state index in [2.05, 4.69) is 19.7 Å². The largest absolute Gasteiger partial charge is 0.478 e. The summed E-state index contributed by atoms with van der Waals surface area (Å²) in [6.45, 7) is 2.44. The van der Waals surface area contributed by atoms with Gasteiger partial charge in [0.15, 0.2) is 11.5 Å². The van der Waals surface area contributed by atoms with Crippen molar-refractivity contribution >= 4 is 5.97 Å². The van der Waals surface area contributed by atoms with Gasteiger partial charge in [-0.05, 0) is 19.1 Å². The monoisotopic (exact) mass is 259 g/mol. The SMILES string of the molecule is CCOc1ccc(-c2nccc(C(=O)OC)n2)cn1. The minimum absolute atomic E-state index is 0.210. The second-order valence-electron chi connectivity index (χ2n) is 3.58. The van der Waals surface area contributed by atoms with E-state index in [1.165, 1.54) is 19.4 Å². The van der Waals surface area contributed by atoms with Crippen molar-refractivity contribution in [3.63, 3.8) is 0 Å². The summed E-state index contributed by atoms with van der Waals surface area (Å²) in [7, 11) is 1.31. The van der Waals surface area contributed by atoms with Crippen molar-refractivity contribution in [3.05, 3.63) is 36.3 Å². The maximum absolute atomic E-state index is 11.4. The van der Waals surface area contributed by atoms with E-state index >= 15 is 0 Å². The summed E-state index contributed by atoms with van der Waals surface area (Å²) in [4.78, 5) is 23.7. The molecule has 2 aromatic rings. The van der Waals surface area contributed by atoms with E-state index in [9.17, 15) is 4.79 Å². The quantitative estimate of drug-likeness (QED) is 0.778. The molecule has 0 bridgehead atoms. The van der Waals surface area contributed by atoms with Gasteiger partial charge in [-0.15, -0.1) is 0 Å². The number of hydrogen-bond acceptors (Lipinski definition) is 6. The lowest BCUT2D eigenvalue weighted by molar-refractivity contribution is 0.0594. The molecule has 6 nitrogen and oxygen atoms in total. The molecule has 0 aliphatic rings. The maximum atomic E-state index is 11.4.